The minimum atomic E-state index is -0.182. The van der Waals surface area contributed by atoms with Crippen molar-refractivity contribution in [2.24, 2.45) is 0 Å². The third kappa shape index (κ3) is 4.32. The molecule has 0 aliphatic rings. The monoisotopic (exact) mass is 384 g/mol. The highest BCUT2D eigenvalue weighted by atomic mass is 16.2. The van der Waals surface area contributed by atoms with Crippen LogP contribution in [-0.2, 0) is 11.3 Å². The first-order chi connectivity index (χ1) is 14.1. The van der Waals surface area contributed by atoms with Crippen molar-refractivity contribution in [3.8, 4) is 11.1 Å². The van der Waals surface area contributed by atoms with Gasteiger partial charge >= 0.3 is 0 Å². The molecule has 0 saturated heterocycles. The number of hydrogen-bond acceptors (Lipinski definition) is 3. The lowest BCUT2D eigenvalue weighted by molar-refractivity contribution is -0.114. The van der Waals surface area contributed by atoms with Crippen molar-refractivity contribution >= 4 is 28.8 Å². The normalized spacial score (nSPS) is 10.7. The second-order valence-corrected chi connectivity index (χ2v) is 6.75. The molecule has 1 aromatic heterocycles. The number of nitrogens with one attached hydrogen (secondary N) is 3. The Morgan fingerprint density at radius 1 is 0.931 bits per heavy atom. The van der Waals surface area contributed by atoms with Crippen LogP contribution in [-0.4, -0.2) is 21.8 Å². The molecule has 1 heterocycles. The minimum Gasteiger partial charge on any atom is -0.348 e. The Balaban J connectivity index is 1.54. The summed E-state index contributed by atoms with van der Waals surface area (Å²) in [6.07, 6.45) is 0. The maximum absolute atomic E-state index is 12.6. The summed E-state index contributed by atoms with van der Waals surface area (Å²) >= 11 is 0. The maximum Gasteiger partial charge on any atom is 0.251 e. The Morgan fingerprint density at radius 2 is 1.72 bits per heavy atom. The van der Waals surface area contributed by atoms with E-state index in [0.29, 0.717) is 18.1 Å². The molecule has 0 fully saturated rings. The first-order valence-corrected chi connectivity index (χ1v) is 9.28. The molecule has 29 heavy (non-hydrogen) atoms. The van der Waals surface area contributed by atoms with Crippen molar-refractivity contribution in [2.75, 3.05) is 5.32 Å². The highest BCUT2D eigenvalue weighted by Crippen LogP contribution is 2.25. The third-order valence-corrected chi connectivity index (χ3v) is 4.53. The van der Waals surface area contributed by atoms with Crippen LogP contribution in [0.2, 0.25) is 0 Å². The van der Waals surface area contributed by atoms with Crippen LogP contribution in [0.1, 0.15) is 22.8 Å². The highest BCUT2D eigenvalue weighted by Gasteiger charge is 2.09. The number of hydrogen-bond donors (Lipinski definition) is 3. The number of fused-ring (bicyclic) bond motifs is 1. The number of carbonyl (C=O) groups excluding carboxylic acids is 2. The first kappa shape index (κ1) is 18.4. The third-order valence-electron chi connectivity index (χ3n) is 4.53. The molecule has 0 saturated carbocycles. The molecule has 144 valence electrons. The molecular weight excluding hydrogens is 364 g/mol. The minimum absolute atomic E-state index is 0.119. The fourth-order valence-electron chi connectivity index (χ4n) is 3.14. The summed E-state index contributed by atoms with van der Waals surface area (Å²) in [5.74, 6) is 0.114. The Bertz CT molecular complexity index is 1180. The van der Waals surface area contributed by atoms with Crippen LogP contribution >= 0.6 is 0 Å². The van der Waals surface area contributed by atoms with Gasteiger partial charge in [-0.25, -0.2) is 4.98 Å². The summed E-state index contributed by atoms with van der Waals surface area (Å²) in [5.41, 5.74) is 5.10. The average Bonchev–Trinajstić information content (AvgIpc) is 3.13. The summed E-state index contributed by atoms with van der Waals surface area (Å²) < 4.78 is 0. The van der Waals surface area contributed by atoms with E-state index in [2.05, 4.69) is 20.6 Å². The van der Waals surface area contributed by atoms with Gasteiger partial charge < -0.3 is 10.3 Å². The van der Waals surface area contributed by atoms with Gasteiger partial charge in [0.1, 0.15) is 0 Å². The van der Waals surface area contributed by atoms with Gasteiger partial charge in [0.25, 0.3) is 5.91 Å². The van der Waals surface area contributed by atoms with Crippen molar-refractivity contribution in [1.29, 1.82) is 0 Å². The number of amides is 2. The predicted octanol–water partition coefficient (Wildman–Crippen LogP) is 4.12. The van der Waals surface area contributed by atoms with E-state index in [0.717, 1.165) is 27.7 Å². The summed E-state index contributed by atoms with van der Waals surface area (Å²) in [6, 6.07) is 23.1. The van der Waals surface area contributed by atoms with Crippen molar-refractivity contribution in [3.63, 3.8) is 0 Å². The number of imidazole rings is 1. The van der Waals surface area contributed by atoms with Gasteiger partial charge in [0.2, 0.25) is 11.9 Å². The summed E-state index contributed by atoms with van der Waals surface area (Å²) in [4.78, 5) is 31.2. The Morgan fingerprint density at radius 3 is 2.52 bits per heavy atom. The molecule has 3 N–H and O–H groups in total. The van der Waals surface area contributed by atoms with Crippen molar-refractivity contribution in [2.45, 2.75) is 13.5 Å². The molecule has 3 aromatic carbocycles. The van der Waals surface area contributed by atoms with Gasteiger partial charge in [0, 0.05) is 19.0 Å². The van der Waals surface area contributed by atoms with Gasteiger partial charge in [0.05, 0.1) is 11.0 Å². The van der Waals surface area contributed by atoms with Gasteiger partial charge in [-0.3, -0.25) is 14.9 Å². The van der Waals surface area contributed by atoms with Crippen LogP contribution in [0.25, 0.3) is 22.2 Å². The van der Waals surface area contributed by atoms with Crippen molar-refractivity contribution < 1.29 is 9.59 Å². The van der Waals surface area contributed by atoms with E-state index in [9.17, 15) is 9.59 Å². The summed E-state index contributed by atoms with van der Waals surface area (Å²) in [6.45, 7) is 1.92. The smallest absolute Gasteiger partial charge is 0.251 e. The zero-order chi connectivity index (χ0) is 20.2. The lowest BCUT2D eigenvalue weighted by atomic mass is 10.0. The maximum atomic E-state index is 12.6. The fourth-order valence-corrected chi connectivity index (χ4v) is 3.14. The zero-order valence-corrected chi connectivity index (χ0v) is 15.9. The van der Waals surface area contributed by atoms with Gasteiger partial charge in [-0.15, -0.1) is 0 Å². The average molecular weight is 384 g/mol. The molecule has 6 nitrogen and oxygen atoms in total. The highest BCUT2D eigenvalue weighted by molar-refractivity contribution is 5.96. The second kappa shape index (κ2) is 7.98. The Labute approximate surface area is 168 Å². The summed E-state index contributed by atoms with van der Waals surface area (Å²) in [7, 11) is 0. The summed E-state index contributed by atoms with van der Waals surface area (Å²) in [5, 5.41) is 5.60. The molecule has 0 radical (unpaired) electrons. The van der Waals surface area contributed by atoms with Gasteiger partial charge in [-0.05, 0) is 41.0 Å². The van der Waals surface area contributed by atoms with Crippen LogP contribution in [0.15, 0.2) is 72.8 Å². The Kier molecular flexibility index (Phi) is 5.07. The zero-order valence-electron chi connectivity index (χ0n) is 15.9. The number of carbonyl (C=O) groups is 2. The number of aromatic amines is 1. The van der Waals surface area contributed by atoms with E-state index in [1.165, 1.54) is 6.92 Å². The lowest BCUT2D eigenvalue weighted by Gasteiger charge is -2.08. The quantitative estimate of drug-likeness (QED) is 0.484. The Hall–Kier alpha value is -3.93. The lowest BCUT2D eigenvalue weighted by Crippen LogP contribution is -2.22. The topological polar surface area (TPSA) is 86.9 Å². The van der Waals surface area contributed by atoms with E-state index in [-0.39, 0.29) is 11.8 Å². The number of H-pyrrole nitrogens is 1. The van der Waals surface area contributed by atoms with Gasteiger partial charge in [-0.2, -0.15) is 0 Å². The van der Waals surface area contributed by atoms with Crippen LogP contribution in [0.5, 0.6) is 0 Å². The molecule has 4 rings (SSSR count). The van der Waals surface area contributed by atoms with Crippen LogP contribution in [0.4, 0.5) is 5.95 Å². The van der Waals surface area contributed by atoms with E-state index >= 15 is 0 Å². The fraction of sp³-hybridized carbons (Fsp3) is 0.0870. The number of rotatable bonds is 5. The predicted molar refractivity (Wildman–Crippen MR) is 113 cm³/mol. The molecule has 0 unspecified atom stereocenters. The van der Waals surface area contributed by atoms with E-state index in [1.807, 2.05) is 66.7 Å². The van der Waals surface area contributed by atoms with Crippen molar-refractivity contribution in [3.05, 3.63) is 83.9 Å². The standard InChI is InChI=1S/C23H20N4O2/c1-15(28)25-23-26-20-11-10-18(13-21(20)27-23)17-8-5-9-19(12-17)22(29)24-14-16-6-3-2-4-7-16/h2-13H,14H2,1H3,(H,24,29)(H2,25,26,27,28). The van der Waals surface area contributed by atoms with Crippen LogP contribution < -0.4 is 10.6 Å². The number of benzene rings is 3. The molecular formula is C23H20N4O2. The molecule has 6 heteroatoms. The molecule has 0 aliphatic heterocycles. The van der Waals surface area contributed by atoms with Crippen molar-refractivity contribution in [1.82, 2.24) is 15.3 Å². The molecule has 0 spiro atoms. The van der Waals surface area contributed by atoms with E-state index in [4.69, 9.17) is 0 Å². The largest absolute Gasteiger partial charge is 0.348 e. The number of nitrogens with zero attached hydrogens (tertiary/aromatic N) is 1. The first-order valence-electron chi connectivity index (χ1n) is 9.28. The van der Waals surface area contributed by atoms with Gasteiger partial charge in [0.15, 0.2) is 0 Å². The molecule has 4 aromatic rings. The number of aromatic nitrogens is 2. The molecule has 0 aliphatic carbocycles. The molecule has 0 atom stereocenters. The number of anilines is 1. The molecule has 0 bridgehead atoms. The van der Waals surface area contributed by atoms with E-state index in [1.54, 1.807) is 6.07 Å². The second-order valence-electron chi connectivity index (χ2n) is 6.75. The van der Waals surface area contributed by atoms with E-state index < -0.39 is 0 Å². The van der Waals surface area contributed by atoms with Gasteiger partial charge in [-0.1, -0.05) is 48.5 Å². The van der Waals surface area contributed by atoms with Crippen LogP contribution in [0.3, 0.4) is 0 Å². The molecule has 2 amide bonds. The SMILES string of the molecule is CC(=O)Nc1nc2ccc(-c3cccc(C(=O)NCc4ccccc4)c3)cc2[nH]1. The van der Waals surface area contributed by atoms with Crippen LogP contribution in [0, 0.1) is 0 Å².